The third kappa shape index (κ3) is 6.79. The van der Waals surface area contributed by atoms with Gasteiger partial charge in [0.25, 0.3) is 0 Å². The van der Waals surface area contributed by atoms with Crippen molar-refractivity contribution in [3.05, 3.63) is 101 Å². The van der Waals surface area contributed by atoms with Gasteiger partial charge in [-0.2, -0.15) is 0 Å². The molecule has 0 fully saturated rings. The Balaban J connectivity index is 1.53. The van der Waals surface area contributed by atoms with E-state index in [4.69, 9.17) is 0 Å². The minimum absolute atomic E-state index is 0.00204. The van der Waals surface area contributed by atoms with Gasteiger partial charge in [-0.25, -0.2) is 0 Å². The highest BCUT2D eigenvalue weighted by Crippen LogP contribution is 2.19. The van der Waals surface area contributed by atoms with Gasteiger partial charge in [0, 0.05) is 11.7 Å². The molecule has 2 amide bonds. The zero-order valence-corrected chi connectivity index (χ0v) is 18.0. The highest BCUT2D eigenvalue weighted by Gasteiger charge is 2.14. The Bertz CT molecular complexity index is 983. The van der Waals surface area contributed by atoms with E-state index in [0.717, 1.165) is 28.8 Å². The second-order valence-electron chi connectivity index (χ2n) is 7.63. The van der Waals surface area contributed by atoms with Gasteiger partial charge in [-0.3, -0.25) is 9.59 Å². The van der Waals surface area contributed by atoms with E-state index in [-0.39, 0.29) is 30.9 Å². The zero-order valence-electron chi connectivity index (χ0n) is 18.0. The van der Waals surface area contributed by atoms with Crippen LogP contribution in [0.25, 0.3) is 0 Å². The van der Waals surface area contributed by atoms with Crippen LogP contribution in [-0.4, -0.2) is 24.9 Å². The predicted octanol–water partition coefficient (Wildman–Crippen LogP) is 3.93. The third-order valence-electron chi connectivity index (χ3n) is 5.19. The number of anilines is 1. The second-order valence-corrected chi connectivity index (χ2v) is 7.63. The summed E-state index contributed by atoms with van der Waals surface area (Å²) in [4.78, 5) is 24.6. The van der Waals surface area contributed by atoms with Gasteiger partial charge in [0.1, 0.15) is 0 Å². The maximum atomic E-state index is 12.4. The van der Waals surface area contributed by atoms with Crippen LogP contribution >= 0.6 is 0 Å². The quantitative estimate of drug-likeness (QED) is 0.496. The lowest BCUT2D eigenvalue weighted by Crippen LogP contribution is -2.40. The molecule has 0 saturated carbocycles. The molecule has 0 bridgehead atoms. The van der Waals surface area contributed by atoms with Crippen molar-refractivity contribution in [1.29, 1.82) is 0 Å². The lowest BCUT2D eigenvalue weighted by molar-refractivity contribution is -0.123. The molecule has 5 heteroatoms. The molecule has 0 aliphatic carbocycles. The molecule has 0 heterocycles. The van der Waals surface area contributed by atoms with Crippen molar-refractivity contribution < 1.29 is 9.59 Å². The molecule has 1 unspecified atom stereocenters. The van der Waals surface area contributed by atoms with Gasteiger partial charge in [0.15, 0.2) is 0 Å². The van der Waals surface area contributed by atoms with Crippen molar-refractivity contribution in [1.82, 2.24) is 10.6 Å². The standard InChI is InChI=1S/C26H29N3O2/c1-19-10-9-11-20(2)26(19)29-25(31)18-28-24(30)17-27-23(22-14-7-4-8-15-22)16-21-12-5-3-6-13-21/h3-15,23,27H,16-18H2,1-2H3,(H,28,30)(H,29,31). The van der Waals surface area contributed by atoms with Crippen LogP contribution in [0.4, 0.5) is 5.69 Å². The van der Waals surface area contributed by atoms with Crippen LogP contribution in [0, 0.1) is 13.8 Å². The predicted molar refractivity (Wildman–Crippen MR) is 125 cm³/mol. The monoisotopic (exact) mass is 415 g/mol. The van der Waals surface area contributed by atoms with Gasteiger partial charge in [-0.05, 0) is 42.5 Å². The number of carbonyl (C=O) groups excluding carboxylic acids is 2. The molecule has 0 aliphatic rings. The topological polar surface area (TPSA) is 70.2 Å². The second kappa shape index (κ2) is 11.1. The van der Waals surface area contributed by atoms with E-state index in [1.807, 2.05) is 68.4 Å². The number of nitrogens with one attached hydrogen (secondary N) is 3. The number of aryl methyl sites for hydroxylation is 2. The first-order chi connectivity index (χ1) is 15.0. The van der Waals surface area contributed by atoms with Crippen molar-refractivity contribution in [2.45, 2.75) is 26.3 Å². The number of hydrogen-bond acceptors (Lipinski definition) is 3. The average molecular weight is 416 g/mol. The van der Waals surface area contributed by atoms with E-state index in [2.05, 4.69) is 40.2 Å². The molecule has 0 saturated heterocycles. The van der Waals surface area contributed by atoms with Gasteiger partial charge < -0.3 is 16.0 Å². The minimum Gasteiger partial charge on any atom is -0.346 e. The van der Waals surface area contributed by atoms with E-state index in [1.165, 1.54) is 5.56 Å². The molecule has 31 heavy (non-hydrogen) atoms. The number of benzene rings is 3. The van der Waals surface area contributed by atoms with Crippen LogP contribution < -0.4 is 16.0 Å². The van der Waals surface area contributed by atoms with Crippen LogP contribution in [0.2, 0.25) is 0 Å². The van der Waals surface area contributed by atoms with E-state index in [0.29, 0.717) is 0 Å². The van der Waals surface area contributed by atoms with Crippen LogP contribution in [0.15, 0.2) is 78.9 Å². The molecule has 0 aliphatic heterocycles. The lowest BCUT2D eigenvalue weighted by atomic mass is 9.99. The Hall–Kier alpha value is -3.44. The van der Waals surface area contributed by atoms with Crippen molar-refractivity contribution in [3.8, 4) is 0 Å². The number of rotatable bonds is 9. The Labute approximate surface area is 183 Å². The number of carbonyl (C=O) groups is 2. The fourth-order valence-corrected chi connectivity index (χ4v) is 3.50. The SMILES string of the molecule is Cc1cccc(C)c1NC(=O)CNC(=O)CNC(Cc1ccccc1)c1ccccc1. The maximum Gasteiger partial charge on any atom is 0.243 e. The average Bonchev–Trinajstić information content (AvgIpc) is 2.79. The Morgan fingerprint density at radius 3 is 2.00 bits per heavy atom. The zero-order chi connectivity index (χ0) is 22.1. The van der Waals surface area contributed by atoms with Gasteiger partial charge in [0.2, 0.25) is 11.8 Å². The van der Waals surface area contributed by atoms with Crippen LogP contribution in [0.3, 0.4) is 0 Å². The number of para-hydroxylation sites is 1. The normalized spacial score (nSPS) is 11.5. The summed E-state index contributed by atoms with van der Waals surface area (Å²) >= 11 is 0. The first-order valence-corrected chi connectivity index (χ1v) is 10.5. The van der Waals surface area contributed by atoms with Crippen molar-refractivity contribution in [2.24, 2.45) is 0 Å². The van der Waals surface area contributed by atoms with E-state index < -0.39 is 0 Å². The van der Waals surface area contributed by atoms with Crippen molar-refractivity contribution in [2.75, 3.05) is 18.4 Å². The molecule has 0 spiro atoms. The summed E-state index contributed by atoms with van der Waals surface area (Å²) in [5.41, 5.74) is 5.09. The molecule has 160 valence electrons. The molecule has 1 atom stereocenters. The van der Waals surface area contributed by atoms with E-state index >= 15 is 0 Å². The smallest absolute Gasteiger partial charge is 0.243 e. The molecule has 5 nitrogen and oxygen atoms in total. The Kier molecular flexibility index (Phi) is 7.96. The summed E-state index contributed by atoms with van der Waals surface area (Å²) in [5, 5.41) is 8.91. The first-order valence-electron chi connectivity index (χ1n) is 10.5. The number of amides is 2. The number of hydrogen-bond donors (Lipinski definition) is 3. The Morgan fingerprint density at radius 1 is 0.742 bits per heavy atom. The van der Waals surface area contributed by atoms with Crippen LogP contribution in [-0.2, 0) is 16.0 Å². The highest BCUT2D eigenvalue weighted by molar-refractivity contribution is 5.95. The van der Waals surface area contributed by atoms with Crippen LogP contribution in [0.1, 0.15) is 28.3 Å². The molecule has 0 radical (unpaired) electrons. The molecule has 3 rings (SSSR count). The fourth-order valence-electron chi connectivity index (χ4n) is 3.50. The largest absolute Gasteiger partial charge is 0.346 e. The lowest BCUT2D eigenvalue weighted by Gasteiger charge is -2.19. The highest BCUT2D eigenvalue weighted by atomic mass is 16.2. The summed E-state index contributed by atoms with van der Waals surface area (Å²) in [5.74, 6) is -0.458. The summed E-state index contributed by atoms with van der Waals surface area (Å²) in [7, 11) is 0. The van der Waals surface area contributed by atoms with E-state index in [9.17, 15) is 9.59 Å². The maximum absolute atomic E-state index is 12.4. The summed E-state index contributed by atoms with van der Waals surface area (Å²) in [6.45, 7) is 3.95. The van der Waals surface area contributed by atoms with Crippen molar-refractivity contribution in [3.63, 3.8) is 0 Å². The molecule has 3 aromatic rings. The fraction of sp³-hybridized carbons (Fsp3) is 0.231. The van der Waals surface area contributed by atoms with Gasteiger partial charge in [-0.1, -0.05) is 78.9 Å². The molecule has 0 aromatic heterocycles. The van der Waals surface area contributed by atoms with Gasteiger partial charge in [0.05, 0.1) is 13.1 Å². The van der Waals surface area contributed by atoms with Crippen molar-refractivity contribution >= 4 is 17.5 Å². The third-order valence-corrected chi connectivity index (χ3v) is 5.19. The summed E-state index contributed by atoms with van der Waals surface area (Å²) in [6.07, 6.45) is 0.769. The van der Waals surface area contributed by atoms with Gasteiger partial charge >= 0.3 is 0 Å². The first kappa shape index (κ1) is 22.2. The molecule has 3 aromatic carbocycles. The Morgan fingerprint density at radius 2 is 1.35 bits per heavy atom. The molecular formula is C26H29N3O2. The van der Waals surface area contributed by atoms with Crippen LogP contribution in [0.5, 0.6) is 0 Å². The minimum atomic E-state index is -0.241. The van der Waals surface area contributed by atoms with E-state index in [1.54, 1.807) is 0 Å². The summed E-state index contributed by atoms with van der Waals surface area (Å²) < 4.78 is 0. The van der Waals surface area contributed by atoms with Gasteiger partial charge in [-0.15, -0.1) is 0 Å². The summed E-state index contributed by atoms with van der Waals surface area (Å²) in [6, 6.07) is 26.1. The molecular weight excluding hydrogens is 386 g/mol. The molecule has 3 N–H and O–H groups in total.